The molecule has 1 fully saturated rings. The van der Waals surface area contributed by atoms with Gasteiger partial charge in [-0.3, -0.25) is 4.79 Å². The minimum Gasteiger partial charge on any atom is -0.496 e. The average molecular weight is 479 g/mol. The lowest BCUT2D eigenvalue weighted by Crippen LogP contribution is -2.58. The minimum absolute atomic E-state index is 0.130. The van der Waals surface area contributed by atoms with Gasteiger partial charge in [0.15, 0.2) is 11.5 Å². The molecule has 2 aliphatic rings. The number of anilines is 1. The van der Waals surface area contributed by atoms with Crippen molar-refractivity contribution in [3.8, 4) is 17.2 Å². The van der Waals surface area contributed by atoms with Gasteiger partial charge in [0.05, 0.1) is 25.8 Å². The molecule has 0 spiro atoms. The number of ether oxygens (including phenoxy) is 3. The molecule has 3 atom stereocenters. The zero-order chi connectivity index (χ0) is 25.1. The summed E-state index contributed by atoms with van der Waals surface area (Å²) >= 11 is 0. The van der Waals surface area contributed by atoms with Gasteiger partial charge in [0.2, 0.25) is 0 Å². The quantitative estimate of drug-likeness (QED) is 0.555. The molecule has 1 aliphatic carbocycles. The first kappa shape index (κ1) is 23.5. The van der Waals surface area contributed by atoms with E-state index in [9.17, 15) is 9.90 Å². The van der Waals surface area contributed by atoms with E-state index in [0.29, 0.717) is 29.2 Å². The van der Waals surface area contributed by atoms with Crippen LogP contribution in [-0.2, 0) is 13.5 Å². The van der Waals surface area contributed by atoms with E-state index in [1.807, 2.05) is 42.1 Å². The van der Waals surface area contributed by atoms with Gasteiger partial charge in [0.1, 0.15) is 11.4 Å². The molecule has 0 unspecified atom stereocenters. The lowest BCUT2D eigenvalue weighted by Gasteiger charge is -2.55. The van der Waals surface area contributed by atoms with Crippen molar-refractivity contribution >= 4 is 22.5 Å². The Labute approximate surface area is 206 Å². The van der Waals surface area contributed by atoms with Crippen molar-refractivity contribution in [3.05, 3.63) is 47.7 Å². The SMILES string of the molecule is COc1cc(NC(=O)c2cc(OC)c3ccn(C)c3c2)cc2c1O[C@]1(C)CC[C@@H](O)C(C)(C)[C@H]1C2. The topological polar surface area (TPSA) is 82.0 Å². The van der Waals surface area contributed by atoms with Gasteiger partial charge in [-0.25, -0.2) is 0 Å². The van der Waals surface area contributed by atoms with Crippen molar-refractivity contribution in [2.24, 2.45) is 18.4 Å². The normalized spacial score (nSPS) is 24.8. The second-order valence-electron chi connectivity index (χ2n) is 10.7. The van der Waals surface area contributed by atoms with Gasteiger partial charge >= 0.3 is 0 Å². The maximum atomic E-state index is 13.3. The van der Waals surface area contributed by atoms with Gasteiger partial charge in [-0.2, -0.15) is 0 Å². The number of rotatable bonds is 4. The number of carbonyl (C=O) groups excluding carboxylic acids is 1. The number of fused-ring (bicyclic) bond motifs is 3. The van der Waals surface area contributed by atoms with E-state index in [1.165, 1.54) is 0 Å². The summed E-state index contributed by atoms with van der Waals surface area (Å²) < 4.78 is 19.8. The Morgan fingerprint density at radius 3 is 2.60 bits per heavy atom. The second kappa shape index (κ2) is 8.19. The highest BCUT2D eigenvalue weighted by atomic mass is 16.5. The highest BCUT2D eigenvalue weighted by Crippen LogP contribution is 2.55. The van der Waals surface area contributed by atoms with Crippen LogP contribution in [0.4, 0.5) is 5.69 Å². The van der Waals surface area contributed by atoms with Gasteiger partial charge in [0, 0.05) is 47.4 Å². The number of nitrogens with zero attached hydrogens (tertiary/aromatic N) is 1. The van der Waals surface area contributed by atoms with Crippen LogP contribution in [-0.4, -0.2) is 41.5 Å². The van der Waals surface area contributed by atoms with Gasteiger partial charge in [-0.05, 0) is 55.9 Å². The van der Waals surface area contributed by atoms with E-state index < -0.39 is 0 Å². The molecular formula is C28H34N2O5. The standard InChI is InChI=1S/C28H34N2O5/c1-27(2)23-14-16-11-18(15-22(34-6)25(16)35-28(23,3)9-7-24(27)31)29-26(32)17-12-20-19(8-10-30(20)4)21(13-17)33-5/h8,10-13,15,23-24,31H,7,9,14H2,1-6H3,(H,29,32)/t23-,24-,28-/m1/s1. The zero-order valence-electron chi connectivity index (χ0n) is 21.3. The number of aromatic nitrogens is 1. The molecule has 7 nitrogen and oxygen atoms in total. The van der Waals surface area contributed by atoms with Crippen LogP contribution in [0.5, 0.6) is 17.2 Å². The highest BCUT2D eigenvalue weighted by Gasteiger charge is 2.54. The molecule has 2 heterocycles. The van der Waals surface area contributed by atoms with Gasteiger partial charge < -0.3 is 29.2 Å². The molecule has 2 N–H and O–H groups in total. The Morgan fingerprint density at radius 1 is 1.14 bits per heavy atom. The summed E-state index contributed by atoms with van der Waals surface area (Å²) in [5.41, 5.74) is 2.36. The minimum atomic E-state index is -0.380. The number of aliphatic hydroxyl groups is 1. The van der Waals surface area contributed by atoms with E-state index in [1.54, 1.807) is 20.3 Å². The van der Waals surface area contributed by atoms with Crippen LogP contribution < -0.4 is 19.5 Å². The Kier molecular flexibility index (Phi) is 5.51. The molecule has 2 aromatic carbocycles. The lowest BCUT2D eigenvalue weighted by molar-refractivity contribution is -0.138. The maximum Gasteiger partial charge on any atom is 0.255 e. The Bertz CT molecular complexity index is 1310. The summed E-state index contributed by atoms with van der Waals surface area (Å²) in [5.74, 6) is 1.87. The number of aryl methyl sites for hydroxylation is 1. The van der Waals surface area contributed by atoms with Gasteiger partial charge in [0.25, 0.3) is 5.91 Å². The lowest BCUT2D eigenvalue weighted by atomic mass is 9.57. The van der Waals surface area contributed by atoms with Crippen LogP contribution in [0.25, 0.3) is 10.9 Å². The van der Waals surface area contributed by atoms with Crippen LogP contribution in [0.1, 0.15) is 49.5 Å². The predicted octanol–water partition coefficient (Wildman–Crippen LogP) is 4.94. The van der Waals surface area contributed by atoms with Crippen molar-refractivity contribution < 1.29 is 24.1 Å². The van der Waals surface area contributed by atoms with Crippen molar-refractivity contribution in [2.75, 3.05) is 19.5 Å². The fourth-order valence-corrected chi connectivity index (χ4v) is 6.04. The maximum absolute atomic E-state index is 13.3. The number of benzene rings is 2. The molecule has 1 saturated carbocycles. The van der Waals surface area contributed by atoms with E-state index in [4.69, 9.17) is 14.2 Å². The van der Waals surface area contributed by atoms with E-state index in [-0.39, 0.29) is 28.9 Å². The molecule has 0 radical (unpaired) electrons. The van der Waals surface area contributed by atoms with E-state index >= 15 is 0 Å². The monoisotopic (exact) mass is 478 g/mol. The Balaban J connectivity index is 1.49. The molecule has 186 valence electrons. The Hall–Kier alpha value is -3.19. The van der Waals surface area contributed by atoms with Crippen molar-refractivity contribution in [1.82, 2.24) is 4.57 Å². The smallest absolute Gasteiger partial charge is 0.255 e. The van der Waals surface area contributed by atoms with E-state index in [0.717, 1.165) is 35.1 Å². The first-order valence-corrected chi connectivity index (χ1v) is 12.1. The molecule has 1 aromatic heterocycles. The highest BCUT2D eigenvalue weighted by molar-refractivity contribution is 6.07. The van der Waals surface area contributed by atoms with Gasteiger partial charge in [-0.15, -0.1) is 0 Å². The number of nitrogens with one attached hydrogen (secondary N) is 1. The first-order chi connectivity index (χ1) is 16.6. The average Bonchev–Trinajstić information content (AvgIpc) is 3.21. The third-order valence-corrected chi connectivity index (χ3v) is 8.22. The largest absolute Gasteiger partial charge is 0.496 e. The number of amides is 1. The summed E-state index contributed by atoms with van der Waals surface area (Å²) in [7, 11) is 5.16. The zero-order valence-corrected chi connectivity index (χ0v) is 21.3. The summed E-state index contributed by atoms with van der Waals surface area (Å²) in [5, 5.41) is 14.7. The number of methoxy groups -OCH3 is 2. The van der Waals surface area contributed by atoms with Crippen LogP contribution in [0.15, 0.2) is 36.5 Å². The number of hydrogen-bond donors (Lipinski definition) is 2. The van der Waals surface area contributed by atoms with Crippen molar-refractivity contribution in [2.45, 2.75) is 51.7 Å². The molecule has 35 heavy (non-hydrogen) atoms. The van der Waals surface area contributed by atoms with E-state index in [2.05, 4.69) is 26.1 Å². The van der Waals surface area contributed by atoms with Crippen molar-refractivity contribution in [1.29, 1.82) is 0 Å². The van der Waals surface area contributed by atoms with Gasteiger partial charge in [-0.1, -0.05) is 13.8 Å². The molecule has 7 heteroatoms. The number of hydrogen-bond acceptors (Lipinski definition) is 5. The number of carbonyl (C=O) groups is 1. The van der Waals surface area contributed by atoms with Crippen LogP contribution in [0.2, 0.25) is 0 Å². The molecule has 0 saturated heterocycles. The van der Waals surface area contributed by atoms with Crippen molar-refractivity contribution in [3.63, 3.8) is 0 Å². The predicted molar refractivity (Wildman–Crippen MR) is 136 cm³/mol. The molecule has 1 aliphatic heterocycles. The molecule has 3 aromatic rings. The summed E-state index contributed by atoms with van der Waals surface area (Å²) in [6.45, 7) is 6.37. The fourth-order valence-electron chi connectivity index (χ4n) is 6.04. The van der Waals surface area contributed by atoms with Crippen LogP contribution in [0.3, 0.4) is 0 Å². The third kappa shape index (κ3) is 3.73. The molecule has 1 amide bonds. The Morgan fingerprint density at radius 2 is 1.89 bits per heavy atom. The van der Waals surface area contributed by atoms with Crippen LogP contribution >= 0.6 is 0 Å². The molecular weight excluding hydrogens is 444 g/mol. The summed E-state index contributed by atoms with van der Waals surface area (Å²) in [6.07, 6.45) is 3.80. The summed E-state index contributed by atoms with van der Waals surface area (Å²) in [4.78, 5) is 13.3. The summed E-state index contributed by atoms with van der Waals surface area (Å²) in [6, 6.07) is 9.37. The third-order valence-electron chi connectivity index (χ3n) is 8.22. The van der Waals surface area contributed by atoms with Crippen LogP contribution in [0, 0.1) is 11.3 Å². The second-order valence-corrected chi connectivity index (χ2v) is 10.7. The fraction of sp³-hybridized carbons (Fsp3) is 0.464. The molecule has 0 bridgehead atoms. The number of aliphatic hydroxyl groups excluding tert-OH is 1. The first-order valence-electron chi connectivity index (χ1n) is 12.1. The molecule has 5 rings (SSSR count).